The predicted octanol–water partition coefficient (Wildman–Crippen LogP) is -0.880. The predicted molar refractivity (Wildman–Crippen MR) is 48.9 cm³/mol. The number of nitrogens with zero attached hydrogens (tertiary/aromatic N) is 1. The number of rotatable bonds is 4. The van der Waals surface area contributed by atoms with Crippen LogP contribution in [0.3, 0.4) is 0 Å². The van der Waals surface area contributed by atoms with Crippen molar-refractivity contribution in [2.75, 3.05) is 20.6 Å². The van der Waals surface area contributed by atoms with Crippen LogP contribution >= 0.6 is 0 Å². The molecule has 0 atom stereocenters. The standard InChI is InChI=1S/C6H17N3O2S/c1-6(2,5-7)8-12(10,11)9(3)4/h8H,5,7H2,1-4H3. The van der Waals surface area contributed by atoms with Crippen LogP contribution in [0.2, 0.25) is 0 Å². The first-order valence-corrected chi connectivity index (χ1v) is 5.07. The smallest absolute Gasteiger partial charge is 0.279 e. The molecule has 0 aliphatic heterocycles. The lowest BCUT2D eigenvalue weighted by Crippen LogP contribution is -2.52. The highest BCUT2D eigenvalue weighted by Crippen LogP contribution is 2.02. The molecule has 0 bridgehead atoms. The van der Waals surface area contributed by atoms with Gasteiger partial charge < -0.3 is 5.73 Å². The lowest BCUT2D eigenvalue weighted by atomic mass is 10.1. The van der Waals surface area contributed by atoms with Gasteiger partial charge in [-0.05, 0) is 13.8 Å². The molecule has 0 saturated carbocycles. The van der Waals surface area contributed by atoms with Crippen LogP contribution in [-0.2, 0) is 10.2 Å². The summed E-state index contributed by atoms with van der Waals surface area (Å²) in [7, 11) is -0.430. The van der Waals surface area contributed by atoms with Crippen molar-refractivity contribution in [2.24, 2.45) is 5.73 Å². The Labute approximate surface area is 74.1 Å². The largest absolute Gasteiger partial charge is 0.329 e. The van der Waals surface area contributed by atoms with Crippen molar-refractivity contribution in [3.8, 4) is 0 Å². The SMILES string of the molecule is CN(C)S(=O)(=O)NC(C)(C)CN. The van der Waals surface area contributed by atoms with E-state index < -0.39 is 15.7 Å². The van der Waals surface area contributed by atoms with Gasteiger partial charge in [-0.15, -0.1) is 0 Å². The van der Waals surface area contributed by atoms with Gasteiger partial charge in [0.15, 0.2) is 0 Å². The lowest BCUT2D eigenvalue weighted by Gasteiger charge is -2.25. The lowest BCUT2D eigenvalue weighted by molar-refractivity contribution is 0.432. The highest BCUT2D eigenvalue weighted by atomic mass is 32.2. The van der Waals surface area contributed by atoms with E-state index in [-0.39, 0.29) is 6.54 Å². The monoisotopic (exact) mass is 195 g/mol. The number of hydrogen-bond donors (Lipinski definition) is 2. The fourth-order valence-corrected chi connectivity index (χ4v) is 1.45. The Morgan fingerprint density at radius 2 is 1.83 bits per heavy atom. The Morgan fingerprint density at radius 1 is 1.42 bits per heavy atom. The topological polar surface area (TPSA) is 75.4 Å². The van der Waals surface area contributed by atoms with Crippen molar-refractivity contribution in [3.05, 3.63) is 0 Å². The molecule has 0 unspecified atom stereocenters. The van der Waals surface area contributed by atoms with E-state index in [1.54, 1.807) is 13.8 Å². The molecule has 0 aromatic heterocycles. The maximum atomic E-state index is 11.3. The molecule has 0 aliphatic carbocycles. The third-order valence-electron chi connectivity index (χ3n) is 1.40. The minimum absolute atomic E-state index is 0.264. The number of hydrogen-bond acceptors (Lipinski definition) is 3. The second-order valence-corrected chi connectivity index (χ2v) is 5.36. The van der Waals surface area contributed by atoms with Crippen LogP contribution in [0.15, 0.2) is 0 Å². The molecule has 0 aromatic carbocycles. The minimum atomic E-state index is -3.36. The molecule has 0 amide bonds. The van der Waals surface area contributed by atoms with E-state index in [0.717, 1.165) is 4.31 Å². The summed E-state index contributed by atoms with van der Waals surface area (Å²) in [6, 6.07) is 0. The maximum absolute atomic E-state index is 11.3. The summed E-state index contributed by atoms with van der Waals surface area (Å²) in [6.45, 7) is 3.72. The zero-order valence-electron chi connectivity index (χ0n) is 7.96. The van der Waals surface area contributed by atoms with Gasteiger partial charge in [0.05, 0.1) is 0 Å². The molecule has 0 aromatic rings. The molecule has 0 fully saturated rings. The van der Waals surface area contributed by atoms with E-state index in [1.165, 1.54) is 14.1 Å². The molecular weight excluding hydrogens is 178 g/mol. The van der Waals surface area contributed by atoms with Gasteiger partial charge in [0.1, 0.15) is 0 Å². The van der Waals surface area contributed by atoms with Crippen molar-refractivity contribution in [2.45, 2.75) is 19.4 Å². The molecule has 6 heteroatoms. The average molecular weight is 195 g/mol. The molecule has 0 saturated heterocycles. The Morgan fingerprint density at radius 3 is 2.08 bits per heavy atom. The van der Waals surface area contributed by atoms with E-state index >= 15 is 0 Å². The Balaban J connectivity index is 4.47. The molecule has 0 heterocycles. The molecule has 74 valence electrons. The van der Waals surface area contributed by atoms with Crippen molar-refractivity contribution in [1.29, 1.82) is 0 Å². The van der Waals surface area contributed by atoms with Crippen LogP contribution in [0, 0.1) is 0 Å². The zero-order valence-corrected chi connectivity index (χ0v) is 8.77. The molecule has 0 aliphatic rings. The highest BCUT2D eigenvalue weighted by Gasteiger charge is 2.24. The van der Waals surface area contributed by atoms with Crippen LogP contribution in [0.1, 0.15) is 13.8 Å². The Hall–Kier alpha value is -0.170. The summed E-state index contributed by atoms with van der Waals surface area (Å²) in [4.78, 5) is 0. The third-order valence-corrected chi connectivity index (χ3v) is 3.17. The van der Waals surface area contributed by atoms with Crippen LogP contribution in [0.4, 0.5) is 0 Å². The van der Waals surface area contributed by atoms with Crippen molar-refractivity contribution >= 4 is 10.2 Å². The Kier molecular flexibility index (Phi) is 3.64. The first-order valence-electron chi connectivity index (χ1n) is 3.63. The van der Waals surface area contributed by atoms with Crippen LogP contribution in [0.25, 0.3) is 0 Å². The summed E-state index contributed by atoms with van der Waals surface area (Å²) in [5.74, 6) is 0. The highest BCUT2D eigenvalue weighted by molar-refractivity contribution is 7.87. The number of nitrogens with two attached hydrogens (primary N) is 1. The van der Waals surface area contributed by atoms with Gasteiger partial charge in [0.2, 0.25) is 0 Å². The van der Waals surface area contributed by atoms with Gasteiger partial charge in [-0.1, -0.05) is 0 Å². The van der Waals surface area contributed by atoms with Crippen molar-refractivity contribution < 1.29 is 8.42 Å². The van der Waals surface area contributed by atoms with Crippen LogP contribution < -0.4 is 10.5 Å². The Bertz CT molecular complexity index is 233. The summed E-state index contributed by atoms with van der Waals surface area (Å²) in [5.41, 5.74) is 4.77. The first kappa shape index (κ1) is 11.8. The zero-order chi connectivity index (χ0) is 9.99. The molecular formula is C6H17N3O2S. The molecule has 0 spiro atoms. The van der Waals surface area contributed by atoms with E-state index in [2.05, 4.69) is 4.72 Å². The fourth-order valence-electron chi connectivity index (χ4n) is 0.482. The second kappa shape index (κ2) is 3.69. The molecule has 0 radical (unpaired) electrons. The first-order chi connectivity index (χ1) is 5.21. The second-order valence-electron chi connectivity index (χ2n) is 3.48. The van der Waals surface area contributed by atoms with Gasteiger partial charge >= 0.3 is 0 Å². The van der Waals surface area contributed by atoms with Gasteiger partial charge in [-0.3, -0.25) is 0 Å². The summed E-state index contributed by atoms with van der Waals surface area (Å²) in [5, 5.41) is 0. The summed E-state index contributed by atoms with van der Waals surface area (Å²) >= 11 is 0. The fraction of sp³-hybridized carbons (Fsp3) is 1.00. The number of nitrogens with one attached hydrogen (secondary N) is 1. The van der Waals surface area contributed by atoms with Gasteiger partial charge in [0, 0.05) is 26.2 Å². The van der Waals surface area contributed by atoms with Crippen molar-refractivity contribution in [1.82, 2.24) is 9.03 Å². The molecule has 3 N–H and O–H groups in total. The molecule has 12 heavy (non-hydrogen) atoms. The third kappa shape index (κ3) is 3.48. The normalized spacial score (nSPS) is 13.8. The van der Waals surface area contributed by atoms with E-state index in [0.29, 0.717) is 0 Å². The average Bonchev–Trinajstić information content (AvgIpc) is 1.85. The van der Waals surface area contributed by atoms with Gasteiger partial charge in [-0.2, -0.15) is 17.4 Å². The van der Waals surface area contributed by atoms with Gasteiger partial charge in [-0.25, -0.2) is 0 Å². The molecule has 0 rings (SSSR count). The van der Waals surface area contributed by atoms with Gasteiger partial charge in [0.25, 0.3) is 10.2 Å². The minimum Gasteiger partial charge on any atom is -0.329 e. The van der Waals surface area contributed by atoms with Crippen molar-refractivity contribution in [3.63, 3.8) is 0 Å². The molecule has 5 nitrogen and oxygen atoms in total. The summed E-state index contributed by atoms with van der Waals surface area (Å²) < 4.78 is 26.1. The van der Waals surface area contributed by atoms with E-state index in [9.17, 15) is 8.42 Å². The quantitative estimate of drug-likeness (QED) is 0.611. The van der Waals surface area contributed by atoms with Crippen LogP contribution in [0.5, 0.6) is 0 Å². The van der Waals surface area contributed by atoms with E-state index in [1.807, 2.05) is 0 Å². The maximum Gasteiger partial charge on any atom is 0.279 e. The van der Waals surface area contributed by atoms with E-state index in [4.69, 9.17) is 5.73 Å². The van der Waals surface area contributed by atoms with Crippen LogP contribution in [-0.4, -0.2) is 38.9 Å². The summed E-state index contributed by atoms with van der Waals surface area (Å²) in [6.07, 6.45) is 0.